The number of hydrogen-bond acceptors (Lipinski definition) is 3. The number of pyridine rings is 1. The van der Waals surface area contributed by atoms with Crippen LogP contribution in [0.1, 0.15) is 21.5 Å². The molecular weight excluding hydrogens is 266 g/mol. The van der Waals surface area contributed by atoms with Gasteiger partial charge in [-0.15, -0.1) is 0 Å². The lowest BCUT2D eigenvalue weighted by Gasteiger charge is -2.28. The molecule has 106 valence electrons. The quantitative estimate of drug-likeness (QED) is 0.872. The summed E-state index contributed by atoms with van der Waals surface area (Å²) in [6.45, 7) is 3.85. The number of carbonyl (C=O) groups excluding carboxylic acids is 2. The number of carbonyl (C=O) groups is 2. The van der Waals surface area contributed by atoms with Crippen molar-refractivity contribution in [2.45, 2.75) is 13.8 Å². The molecule has 2 amide bonds. The van der Waals surface area contributed by atoms with Gasteiger partial charge in [0.2, 0.25) is 5.91 Å². The van der Waals surface area contributed by atoms with Gasteiger partial charge in [0.15, 0.2) is 5.82 Å². The Morgan fingerprint density at radius 2 is 2.05 bits per heavy atom. The molecule has 1 aliphatic rings. The summed E-state index contributed by atoms with van der Waals surface area (Å²) < 4.78 is 0. The minimum Gasteiger partial charge on any atom is -0.321 e. The molecule has 0 bridgehead atoms. The van der Waals surface area contributed by atoms with Gasteiger partial charge in [-0.2, -0.15) is 0 Å². The number of aromatic nitrogens is 1. The zero-order valence-corrected chi connectivity index (χ0v) is 11.9. The zero-order valence-electron chi connectivity index (χ0n) is 11.9. The van der Waals surface area contributed by atoms with E-state index in [9.17, 15) is 9.59 Å². The Morgan fingerprint density at radius 1 is 1.24 bits per heavy atom. The Kier molecular flexibility index (Phi) is 3.17. The van der Waals surface area contributed by atoms with Gasteiger partial charge in [-0.05, 0) is 43.2 Å². The van der Waals surface area contributed by atoms with Crippen molar-refractivity contribution in [2.75, 3.05) is 16.8 Å². The largest absolute Gasteiger partial charge is 0.321 e. The topological polar surface area (TPSA) is 62.3 Å². The number of benzene rings is 1. The van der Waals surface area contributed by atoms with Gasteiger partial charge in [0.1, 0.15) is 6.54 Å². The third kappa shape index (κ3) is 2.27. The van der Waals surface area contributed by atoms with Crippen LogP contribution in [0.3, 0.4) is 0 Å². The molecule has 5 nitrogen and oxygen atoms in total. The highest BCUT2D eigenvalue weighted by Gasteiger charge is 2.29. The molecule has 0 unspecified atom stereocenters. The molecule has 5 heteroatoms. The molecule has 0 spiro atoms. The van der Waals surface area contributed by atoms with E-state index in [1.54, 1.807) is 24.4 Å². The summed E-state index contributed by atoms with van der Waals surface area (Å²) in [6, 6.07) is 9.05. The standard InChI is InChI=1S/C16H15N3O2/c1-10-5-3-6-12(11(10)2)16(21)19-9-14(20)18-13-7-4-8-17-15(13)19/h3-8H,9H2,1-2H3,(H,18,20). The molecule has 1 aromatic heterocycles. The molecule has 0 aliphatic carbocycles. The van der Waals surface area contributed by atoms with Crippen molar-refractivity contribution < 1.29 is 9.59 Å². The van der Waals surface area contributed by atoms with Gasteiger partial charge in [-0.1, -0.05) is 12.1 Å². The number of hydrogen-bond donors (Lipinski definition) is 1. The van der Waals surface area contributed by atoms with E-state index in [-0.39, 0.29) is 18.4 Å². The number of fused-ring (bicyclic) bond motifs is 1. The van der Waals surface area contributed by atoms with Crippen LogP contribution in [0.4, 0.5) is 11.5 Å². The molecule has 2 heterocycles. The van der Waals surface area contributed by atoms with Crippen LogP contribution >= 0.6 is 0 Å². The fraction of sp³-hybridized carbons (Fsp3) is 0.188. The van der Waals surface area contributed by atoms with Gasteiger partial charge in [-0.3, -0.25) is 14.5 Å². The lowest BCUT2D eigenvalue weighted by Crippen LogP contribution is -2.43. The summed E-state index contributed by atoms with van der Waals surface area (Å²) in [7, 11) is 0. The Balaban J connectivity index is 2.06. The molecule has 0 saturated carbocycles. The fourth-order valence-corrected chi connectivity index (χ4v) is 2.41. The van der Waals surface area contributed by atoms with Crippen molar-refractivity contribution in [3.05, 3.63) is 53.2 Å². The third-order valence-corrected chi connectivity index (χ3v) is 3.70. The normalized spacial score (nSPS) is 13.6. The van der Waals surface area contributed by atoms with E-state index in [1.807, 2.05) is 26.0 Å². The first-order valence-corrected chi connectivity index (χ1v) is 6.71. The maximum absolute atomic E-state index is 12.8. The average Bonchev–Trinajstić information content (AvgIpc) is 2.48. The van der Waals surface area contributed by atoms with Crippen LogP contribution in [0.25, 0.3) is 0 Å². The maximum Gasteiger partial charge on any atom is 0.260 e. The molecule has 2 aromatic rings. The number of nitrogens with zero attached hydrogens (tertiary/aromatic N) is 2. The molecule has 0 saturated heterocycles. The van der Waals surface area contributed by atoms with Crippen LogP contribution in [0.15, 0.2) is 36.5 Å². The van der Waals surface area contributed by atoms with Crippen LogP contribution < -0.4 is 10.2 Å². The molecule has 1 aliphatic heterocycles. The van der Waals surface area contributed by atoms with Crippen LogP contribution in [0, 0.1) is 13.8 Å². The van der Waals surface area contributed by atoms with E-state index >= 15 is 0 Å². The highest BCUT2D eigenvalue weighted by atomic mass is 16.2. The number of anilines is 2. The second kappa shape index (κ2) is 5.01. The van der Waals surface area contributed by atoms with Crippen molar-refractivity contribution in [1.82, 2.24) is 4.98 Å². The smallest absolute Gasteiger partial charge is 0.260 e. The summed E-state index contributed by atoms with van der Waals surface area (Å²) in [5, 5.41) is 2.73. The fourth-order valence-electron chi connectivity index (χ4n) is 2.41. The van der Waals surface area contributed by atoms with Crippen molar-refractivity contribution in [3.63, 3.8) is 0 Å². The summed E-state index contributed by atoms with van der Waals surface area (Å²) in [4.78, 5) is 30.2. The summed E-state index contributed by atoms with van der Waals surface area (Å²) in [6.07, 6.45) is 1.61. The minimum atomic E-state index is -0.214. The Hall–Kier alpha value is -2.69. The second-order valence-corrected chi connectivity index (χ2v) is 5.06. The third-order valence-electron chi connectivity index (χ3n) is 3.70. The summed E-state index contributed by atoms with van der Waals surface area (Å²) in [5.74, 6) is 0.0724. The highest BCUT2D eigenvalue weighted by molar-refractivity contribution is 6.14. The predicted molar refractivity (Wildman–Crippen MR) is 80.5 cm³/mol. The van der Waals surface area contributed by atoms with E-state index in [2.05, 4.69) is 10.3 Å². The molecule has 0 atom stereocenters. The van der Waals surface area contributed by atoms with Gasteiger partial charge < -0.3 is 5.32 Å². The van der Waals surface area contributed by atoms with Crippen LogP contribution in [0.2, 0.25) is 0 Å². The van der Waals surface area contributed by atoms with Gasteiger partial charge in [0, 0.05) is 11.8 Å². The Morgan fingerprint density at radius 3 is 2.86 bits per heavy atom. The average molecular weight is 281 g/mol. The number of amides is 2. The van der Waals surface area contributed by atoms with Crippen molar-refractivity contribution >= 4 is 23.3 Å². The number of nitrogens with one attached hydrogen (secondary N) is 1. The van der Waals surface area contributed by atoms with E-state index < -0.39 is 0 Å². The minimum absolute atomic E-state index is 0.0176. The van der Waals surface area contributed by atoms with Crippen LogP contribution in [-0.2, 0) is 4.79 Å². The molecule has 3 rings (SSSR count). The van der Waals surface area contributed by atoms with Gasteiger partial charge >= 0.3 is 0 Å². The Bertz CT molecular complexity index is 740. The number of rotatable bonds is 1. The molecular formula is C16H15N3O2. The van der Waals surface area contributed by atoms with E-state index in [0.29, 0.717) is 17.1 Å². The molecule has 1 N–H and O–H groups in total. The van der Waals surface area contributed by atoms with Crippen molar-refractivity contribution in [3.8, 4) is 0 Å². The van der Waals surface area contributed by atoms with Gasteiger partial charge in [-0.25, -0.2) is 4.98 Å². The first-order chi connectivity index (χ1) is 10.1. The lowest BCUT2D eigenvalue weighted by atomic mass is 10.0. The SMILES string of the molecule is Cc1cccc(C(=O)N2CC(=O)Nc3cccnc32)c1C. The first kappa shape index (κ1) is 13.3. The summed E-state index contributed by atoms with van der Waals surface area (Å²) >= 11 is 0. The van der Waals surface area contributed by atoms with Gasteiger partial charge in [0.05, 0.1) is 5.69 Å². The number of aryl methyl sites for hydroxylation is 1. The monoisotopic (exact) mass is 281 g/mol. The van der Waals surface area contributed by atoms with E-state index in [1.165, 1.54) is 4.90 Å². The van der Waals surface area contributed by atoms with Gasteiger partial charge in [0.25, 0.3) is 5.91 Å². The molecule has 0 fully saturated rings. The first-order valence-electron chi connectivity index (χ1n) is 6.71. The highest BCUT2D eigenvalue weighted by Crippen LogP contribution is 2.28. The summed E-state index contributed by atoms with van der Waals surface area (Å²) in [5.41, 5.74) is 3.13. The zero-order chi connectivity index (χ0) is 15.0. The van der Waals surface area contributed by atoms with E-state index in [4.69, 9.17) is 0 Å². The second-order valence-electron chi connectivity index (χ2n) is 5.06. The van der Waals surface area contributed by atoms with Crippen molar-refractivity contribution in [1.29, 1.82) is 0 Å². The molecule has 21 heavy (non-hydrogen) atoms. The lowest BCUT2D eigenvalue weighted by molar-refractivity contribution is -0.115. The predicted octanol–water partition coefficient (Wildman–Crippen LogP) is 2.30. The van der Waals surface area contributed by atoms with E-state index in [0.717, 1.165) is 11.1 Å². The van der Waals surface area contributed by atoms with Crippen LogP contribution in [-0.4, -0.2) is 23.3 Å². The maximum atomic E-state index is 12.8. The Labute approximate surface area is 122 Å². The molecule has 1 aromatic carbocycles. The van der Waals surface area contributed by atoms with Crippen LogP contribution in [0.5, 0.6) is 0 Å². The molecule has 0 radical (unpaired) electrons. The van der Waals surface area contributed by atoms with Crippen molar-refractivity contribution in [2.24, 2.45) is 0 Å².